The Hall–Kier alpha value is -1.78. The number of halogens is 2. The van der Waals surface area contributed by atoms with Gasteiger partial charge in [-0.05, 0) is 11.1 Å². The van der Waals surface area contributed by atoms with Crippen molar-refractivity contribution >= 4 is 0 Å². The molecule has 2 nitrogen and oxygen atoms in total. The maximum absolute atomic E-state index is 13.9. The van der Waals surface area contributed by atoms with Crippen LogP contribution in [-0.4, -0.2) is 17.6 Å². The summed E-state index contributed by atoms with van der Waals surface area (Å²) in [5.74, 6) is -4.86. The Morgan fingerprint density at radius 2 is 1.59 bits per heavy atom. The normalized spacial score (nSPS) is 24.0. The van der Waals surface area contributed by atoms with Gasteiger partial charge in [0.1, 0.15) is 0 Å². The topological polar surface area (TPSA) is 29.5 Å². The minimum atomic E-state index is -2.87. The number of aliphatic hydroxyl groups excluding tert-OH is 1. The molecule has 2 aromatic rings. The molecule has 0 amide bonds. The fourth-order valence-electron chi connectivity index (χ4n) is 2.80. The maximum Gasteiger partial charge on any atom is 0.259 e. The first-order valence-electron chi connectivity index (χ1n) is 7.33. The third-order valence-corrected chi connectivity index (χ3v) is 4.15. The summed E-state index contributed by atoms with van der Waals surface area (Å²) < 4.78 is 33.2. The van der Waals surface area contributed by atoms with Crippen LogP contribution in [0.15, 0.2) is 60.7 Å². The molecule has 0 aliphatic heterocycles. The van der Waals surface area contributed by atoms with Crippen molar-refractivity contribution in [3.05, 3.63) is 71.8 Å². The van der Waals surface area contributed by atoms with Gasteiger partial charge in [-0.1, -0.05) is 60.7 Å². The number of hydrogen-bond donors (Lipinski definition) is 1. The lowest BCUT2D eigenvalue weighted by Crippen LogP contribution is -2.06. The van der Waals surface area contributed by atoms with Crippen LogP contribution in [0.4, 0.5) is 8.78 Å². The predicted octanol–water partition coefficient (Wildman–Crippen LogP) is 3.82. The Morgan fingerprint density at radius 1 is 1.00 bits per heavy atom. The SMILES string of the molecule is OC(c1ccccc1)[C@@H]1[C@H](COCc2ccccc2)C1(F)F. The van der Waals surface area contributed by atoms with E-state index in [1.54, 1.807) is 30.3 Å². The van der Waals surface area contributed by atoms with Gasteiger partial charge in [-0.25, -0.2) is 8.78 Å². The third kappa shape index (κ3) is 3.03. The van der Waals surface area contributed by atoms with Gasteiger partial charge >= 0.3 is 0 Å². The molecule has 1 unspecified atom stereocenters. The molecule has 1 aliphatic carbocycles. The zero-order chi connectivity index (χ0) is 15.6. The van der Waals surface area contributed by atoms with E-state index in [1.807, 2.05) is 30.3 Å². The quantitative estimate of drug-likeness (QED) is 0.879. The second-order valence-electron chi connectivity index (χ2n) is 5.66. The highest BCUT2D eigenvalue weighted by molar-refractivity contribution is 5.23. The van der Waals surface area contributed by atoms with Crippen molar-refractivity contribution in [1.82, 2.24) is 0 Å². The van der Waals surface area contributed by atoms with Crippen molar-refractivity contribution in [1.29, 1.82) is 0 Å². The van der Waals surface area contributed by atoms with E-state index in [-0.39, 0.29) is 6.61 Å². The van der Waals surface area contributed by atoms with Crippen LogP contribution < -0.4 is 0 Å². The molecule has 0 spiro atoms. The van der Waals surface area contributed by atoms with Crippen molar-refractivity contribution in [2.24, 2.45) is 11.8 Å². The molecule has 1 aliphatic rings. The Bertz CT molecular complexity index is 601. The van der Waals surface area contributed by atoms with E-state index in [9.17, 15) is 13.9 Å². The largest absolute Gasteiger partial charge is 0.388 e. The Labute approximate surface area is 128 Å². The molecule has 116 valence electrons. The summed E-state index contributed by atoms with van der Waals surface area (Å²) in [7, 11) is 0. The minimum Gasteiger partial charge on any atom is -0.388 e. The predicted molar refractivity (Wildman–Crippen MR) is 79.4 cm³/mol. The van der Waals surface area contributed by atoms with Crippen LogP contribution in [0.5, 0.6) is 0 Å². The van der Waals surface area contributed by atoms with Crippen LogP contribution in [-0.2, 0) is 11.3 Å². The monoisotopic (exact) mass is 304 g/mol. The molecule has 3 rings (SSSR count). The van der Waals surface area contributed by atoms with Gasteiger partial charge in [-0.15, -0.1) is 0 Å². The van der Waals surface area contributed by atoms with Crippen molar-refractivity contribution in [3.63, 3.8) is 0 Å². The number of benzene rings is 2. The van der Waals surface area contributed by atoms with Crippen LogP contribution in [0.3, 0.4) is 0 Å². The number of aliphatic hydroxyl groups is 1. The molecule has 2 aromatic carbocycles. The van der Waals surface area contributed by atoms with Gasteiger partial charge in [0.15, 0.2) is 0 Å². The summed E-state index contributed by atoms with van der Waals surface area (Å²) in [6, 6.07) is 18.0. The van der Waals surface area contributed by atoms with Gasteiger partial charge < -0.3 is 9.84 Å². The molecular weight excluding hydrogens is 286 g/mol. The second-order valence-corrected chi connectivity index (χ2v) is 5.66. The first-order valence-corrected chi connectivity index (χ1v) is 7.33. The van der Waals surface area contributed by atoms with Gasteiger partial charge in [0.25, 0.3) is 5.92 Å². The zero-order valence-electron chi connectivity index (χ0n) is 12.0. The molecule has 0 radical (unpaired) electrons. The molecule has 0 saturated heterocycles. The molecular formula is C18H18F2O2. The van der Waals surface area contributed by atoms with E-state index in [0.29, 0.717) is 12.2 Å². The highest BCUT2D eigenvalue weighted by Crippen LogP contribution is 2.60. The summed E-state index contributed by atoms with van der Waals surface area (Å²) in [5, 5.41) is 10.1. The van der Waals surface area contributed by atoms with E-state index >= 15 is 0 Å². The van der Waals surface area contributed by atoms with Crippen molar-refractivity contribution in [3.8, 4) is 0 Å². The first kappa shape index (κ1) is 15.1. The lowest BCUT2D eigenvalue weighted by atomic mass is 10.0. The van der Waals surface area contributed by atoms with Gasteiger partial charge in [0.2, 0.25) is 0 Å². The Morgan fingerprint density at radius 3 is 2.23 bits per heavy atom. The molecule has 0 bridgehead atoms. The van der Waals surface area contributed by atoms with E-state index in [1.165, 1.54) is 0 Å². The van der Waals surface area contributed by atoms with Crippen LogP contribution in [0, 0.1) is 11.8 Å². The molecule has 4 heteroatoms. The van der Waals surface area contributed by atoms with Crippen LogP contribution >= 0.6 is 0 Å². The van der Waals surface area contributed by atoms with Gasteiger partial charge in [0.05, 0.1) is 31.2 Å². The molecule has 1 saturated carbocycles. The van der Waals surface area contributed by atoms with Gasteiger partial charge in [0, 0.05) is 0 Å². The van der Waals surface area contributed by atoms with E-state index in [0.717, 1.165) is 5.56 Å². The number of alkyl halides is 2. The molecule has 0 aromatic heterocycles. The fraction of sp³-hybridized carbons (Fsp3) is 0.333. The second kappa shape index (κ2) is 6.15. The standard InChI is InChI=1S/C18H18F2O2/c19-18(20)15(12-22-11-13-7-3-1-4-8-13)16(18)17(21)14-9-5-2-6-10-14/h1-10,15-17,21H,11-12H2/t15-,16-,17?/m0/s1. The lowest BCUT2D eigenvalue weighted by molar-refractivity contribution is 0.0336. The van der Waals surface area contributed by atoms with E-state index in [2.05, 4.69) is 0 Å². The average molecular weight is 304 g/mol. The highest BCUT2D eigenvalue weighted by Gasteiger charge is 2.70. The van der Waals surface area contributed by atoms with Crippen LogP contribution in [0.25, 0.3) is 0 Å². The smallest absolute Gasteiger partial charge is 0.259 e. The Kier molecular flexibility index (Phi) is 4.23. The van der Waals surface area contributed by atoms with Gasteiger partial charge in [-0.3, -0.25) is 0 Å². The summed E-state index contributed by atoms with van der Waals surface area (Å²) in [6.45, 7) is 0.262. The van der Waals surface area contributed by atoms with Crippen LogP contribution in [0.1, 0.15) is 17.2 Å². The van der Waals surface area contributed by atoms with Crippen LogP contribution in [0.2, 0.25) is 0 Å². The van der Waals surface area contributed by atoms with Gasteiger partial charge in [-0.2, -0.15) is 0 Å². The van der Waals surface area contributed by atoms with Crippen molar-refractivity contribution in [2.45, 2.75) is 18.6 Å². The summed E-state index contributed by atoms with van der Waals surface area (Å²) >= 11 is 0. The average Bonchev–Trinajstić information content (AvgIpc) is 3.09. The fourth-order valence-corrected chi connectivity index (χ4v) is 2.80. The minimum absolute atomic E-state index is 0.0452. The Balaban J connectivity index is 1.56. The molecule has 3 atom stereocenters. The van der Waals surface area contributed by atoms with E-state index < -0.39 is 23.9 Å². The third-order valence-electron chi connectivity index (χ3n) is 4.15. The summed E-state index contributed by atoms with van der Waals surface area (Å²) in [5.41, 5.74) is 1.48. The molecule has 22 heavy (non-hydrogen) atoms. The lowest BCUT2D eigenvalue weighted by Gasteiger charge is -2.09. The van der Waals surface area contributed by atoms with Crippen molar-refractivity contribution in [2.75, 3.05) is 6.61 Å². The molecule has 1 N–H and O–H groups in total. The first-order chi connectivity index (χ1) is 10.6. The van der Waals surface area contributed by atoms with Crippen molar-refractivity contribution < 1.29 is 18.6 Å². The summed E-state index contributed by atoms with van der Waals surface area (Å²) in [6.07, 6.45) is -1.15. The molecule has 0 heterocycles. The van der Waals surface area contributed by atoms with E-state index in [4.69, 9.17) is 4.74 Å². The summed E-state index contributed by atoms with van der Waals surface area (Å²) in [4.78, 5) is 0. The highest BCUT2D eigenvalue weighted by atomic mass is 19.3. The molecule has 1 fully saturated rings. The zero-order valence-corrected chi connectivity index (χ0v) is 12.0. The number of ether oxygens (including phenoxy) is 1. The maximum atomic E-state index is 13.9. The number of hydrogen-bond acceptors (Lipinski definition) is 2. The number of rotatable bonds is 6.